The maximum atomic E-state index is 8.87. The molecule has 5 heteroatoms. The van der Waals surface area contributed by atoms with Crippen molar-refractivity contribution in [1.29, 1.82) is 0 Å². The van der Waals surface area contributed by atoms with Crippen molar-refractivity contribution in [2.24, 2.45) is 5.73 Å². The van der Waals surface area contributed by atoms with Gasteiger partial charge in [0.1, 0.15) is 11.5 Å². The lowest BCUT2D eigenvalue weighted by Crippen LogP contribution is -2.26. The third-order valence-corrected chi connectivity index (χ3v) is 2.70. The Kier molecular flexibility index (Phi) is 5.69. The third-order valence-electron chi connectivity index (χ3n) is 2.47. The summed E-state index contributed by atoms with van der Waals surface area (Å²) in [6.07, 6.45) is 0.525. The summed E-state index contributed by atoms with van der Waals surface area (Å²) in [7, 11) is 0. The zero-order valence-electron chi connectivity index (χ0n) is 9.67. The Morgan fingerprint density at radius 1 is 1.28 bits per heavy atom. The third kappa shape index (κ3) is 3.75. The summed E-state index contributed by atoms with van der Waals surface area (Å²) < 4.78 is 5.65. The van der Waals surface area contributed by atoms with Crippen LogP contribution < -0.4 is 5.73 Å². The molecule has 0 spiro atoms. The van der Waals surface area contributed by atoms with E-state index >= 15 is 0 Å². The predicted octanol–water partition coefficient (Wildman–Crippen LogP) is 2.88. The van der Waals surface area contributed by atoms with Crippen LogP contribution in [0.15, 0.2) is 40.8 Å². The number of rotatable bonds is 4. The van der Waals surface area contributed by atoms with E-state index in [9.17, 15) is 0 Å². The second kappa shape index (κ2) is 6.81. The topological polar surface area (TPSA) is 59.4 Å². The normalized spacial score (nSPS) is 11.9. The molecule has 98 valence electrons. The van der Waals surface area contributed by atoms with Crippen molar-refractivity contribution in [3.05, 3.63) is 47.2 Å². The molecule has 3 nitrogen and oxygen atoms in total. The van der Waals surface area contributed by atoms with E-state index in [0.717, 1.165) is 17.1 Å². The lowest BCUT2D eigenvalue weighted by molar-refractivity contribution is 0.260. The van der Waals surface area contributed by atoms with Gasteiger partial charge in [0.2, 0.25) is 0 Å². The molecule has 3 N–H and O–H groups in total. The maximum Gasteiger partial charge on any atom is 0.134 e. The van der Waals surface area contributed by atoms with Crippen molar-refractivity contribution in [1.82, 2.24) is 0 Å². The first kappa shape index (κ1) is 15.1. The molecule has 0 aliphatic rings. The first-order valence-corrected chi connectivity index (χ1v) is 5.78. The second-order valence-electron chi connectivity index (χ2n) is 3.92. The van der Waals surface area contributed by atoms with Crippen molar-refractivity contribution in [3.8, 4) is 11.3 Å². The minimum atomic E-state index is -0.284. The van der Waals surface area contributed by atoms with Crippen LogP contribution in [0.3, 0.4) is 0 Å². The van der Waals surface area contributed by atoms with E-state index < -0.39 is 0 Å². The molecule has 18 heavy (non-hydrogen) atoms. The molecule has 1 heterocycles. The van der Waals surface area contributed by atoms with Gasteiger partial charge >= 0.3 is 0 Å². The molecule has 0 saturated carbocycles. The van der Waals surface area contributed by atoms with Gasteiger partial charge in [0.05, 0.1) is 6.61 Å². The van der Waals surface area contributed by atoms with E-state index in [-0.39, 0.29) is 25.1 Å². The Bertz CT molecular complexity index is 499. The quantitative estimate of drug-likeness (QED) is 0.909. The van der Waals surface area contributed by atoms with Gasteiger partial charge in [-0.25, -0.2) is 0 Å². The molecule has 1 atom stereocenters. The molecule has 0 saturated heterocycles. The van der Waals surface area contributed by atoms with Crippen LogP contribution in [0.4, 0.5) is 0 Å². The summed E-state index contributed by atoms with van der Waals surface area (Å²) in [5.41, 5.74) is 6.58. The summed E-state index contributed by atoms with van der Waals surface area (Å²) in [5, 5.41) is 9.55. The smallest absolute Gasteiger partial charge is 0.134 e. The SMILES string of the molecule is Cl.NC(CO)Cc1ccc(-c2cccc(Cl)c2)o1. The molecule has 0 aliphatic carbocycles. The Balaban J connectivity index is 0.00000162. The van der Waals surface area contributed by atoms with Crippen LogP contribution in [0.2, 0.25) is 5.02 Å². The van der Waals surface area contributed by atoms with Gasteiger partial charge < -0.3 is 15.3 Å². The monoisotopic (exact) mass is 287 g/mol. The zero-order valence-corrected chi connectivity index (χ0v) is 11.2. The molecule has 2 aromatic rings. The lowest BCUT2D eigenvalue weighted by atomic mass is 10.2. The highest BCUT2D eigenvalue weighted by molar-refractivity contribution is 6.30. The number of hydrogen-bond donors (Lipinski definition) is 2. The zero-order chi connectivity index (χ0) is 12.3. The molecule has 0 fully saturated rings. The van der Waals surface area contributed by atoms with E-state index in [1.165, 1.54) is 0 Å². The number of halogens is 2. The number of aliphatic hydroxyl groups excluding tert-OH is 1. The van der Waals surface area contributed by atoms with Gasteiger partial charge in [0, 0.05) is 23.0 Å². The molecule has 2 rings (SSSR count). The molecule has 0 bridgehead atoms. The molecular formula is C13H15Cl2NO2. The van der Waals surface area contributed by atoms with Gasteiger partial charge in [0.15, 0.2) is 0 Å². The van der Waals surface area contributed by atoms with Crippen molar-refractivity contribution < 1.29 is 9.52 Å². The molecule has 1 unspecified atom stereocenters. The molecule has 0 aliphatic heterocycles. The Morgan fingerprint density at radius 2 is 2.06 bits per heavy atom. The lowest BCUT2D eigenvalue weighted by Gasteiger charge is -2.04. The van der Waals surface area contributed by atoms with Crippen LogP contribution in [-0.2, 0) is 6.42 Å². The average Bonchev–Trinajstić information content (AvgIpc) is 2.77. The van der Waals surface area contributed by atoms with Crippen LogP contribution in [0.25, 0.3) is 11.3 Å². The first-order valence-electron chi connectivity index (χ1n) is 5.40. The van der Waals surface area contributed by atoms with Crippen molar-refractivity contribution in [3.63, 3.8) is 0 Å². The maximum absolute atomic E-state index is 8.87. The Hall–Kier alpha value is -1.00. The van der Waals surface area contributed by atoms with E-state index in [4.69, 9.17) is 26.9 Å². The van der Waals surface area contributed by atoms with Crippen LogP contribution >= 0.6 is 24.0 Å². The molecule has 1 aromatic heterocycles. The molecule has 0 amide bonds. The van der Waals surface area contributed by atoms with Crippen LogP contribution in [-0.4, -0.2) is 17.8 Å². The highest BCUT2D eigenvalue weighted by Crippen LogP contribution is 2.25. The number of benzene rings is 1. The Morgan fingerprint density at radius 3 is 2.72 bits per heavy atom. The summed E-state index contributed by atoms with van der Waals surface area (Å²) in [4.78, 5) is 0. The fourth-order valence-electron chi connectivity index (χ4n) is 1.61. The number of nitrogens with two attached hydrogens (primary N) is 1. The fraction of sp³-hybridized carbons (Fsp3) is 0.231. The molecule has 0 radical (unpaired) electrons. The van der Waals surface area contributed by atoms with Gasteiger partial charge in [0.25, 0.3) is 0 Å². The van der Waals surface area contributed by atoms with Gasteiger partial charge in [-0.1, -0.05) is 23.7 Å². The van der Waals surface area contributed by atoms with Gasteiger partial charge in [-0.2, -0.15) is 0 Å². The summed E-state index contributed by atoms with van der Waals surface area (Å²) in [6, 6.07) is 10.9. The van der Waals surface area contributed by atoms with Crippen molar-refractivity contribution in [2.45, 2.75) is 12.5 Å². The van der Waals surface area contributed by atoms with Gasteiger partial charge in [-0.3, -0.25) is 0 Å². The van der Waals surface area contributed by atoms with Crippen LogP contribution in [0.1, 0.15) is 5.76 Å². The highest BCUT2D eigenvalue weighted by Gasteiger charge is 2.08. The molecule has 1 aromatic carbocycles. The van der Waals surface area contributed by atoms with Crippen LogP contribution in [0, 0.1) is 0 Å². The van der Waals surface area contributed by atoms with Crippen molar-refractivity contribution in [2.75, 3.05) is 6.61 Å². The second-order valence-corrected chi connectivity index (χ2v) is 4.36. The number of aliphatic hydroxyl groups is 1. The first-order chi connectivity index (χ1) is 8.19. The molecular weight excluding hydrogens is 273 g/mol. The summed E-state index contributed by atoms with van der Waals surface area (Å²) in [5.74, 6) is 1.52. The minimum absolute atomic E-state index is 0. The highest BCUT2D eigenvalue weighted by atomic mass is 35.5. The predicted molar refractivity (Wildman–Crippen MR) is 75.2 cm³/mol. The largest absolute Gasteiger partial charge is 0.461 e. The van der Waals surface area contributed by atoms with Crippen LogP contribution in [0.5, 0.6) is 0 Å². The van der Waals surface area contributed by atoms with E-state index in [1.807, 2.05) is 36.4 Å². The minimum Gasteiger partial charge on any atom is -0.461 e. The number of furan rings is 1. The Labute approximate surface area is 117 Å². The van der Waals surface area contributed by atoms with E-state index in [1.54, 1.807) is 0 Å². The summed E-state index contributed by atoms with van der Waals surface area (Å²) in [6.45, 7) is -0.0484. The average molecular weight is 288 g/mol. The van der Waals surface area contributed by atoms with Crippen molar-refractivity contribution >= 4 is 24.0 Å². The summed E-state index contributed by atoms with van der Waals surface area (Å²) >= 11 is 5.91. The standard InChI is InChI=1S/C13H14ClNO2.ClH/c14-10-3-1-2-9(6-10)13-5-4-12(17-13)7-11(15)8-16;/h1-6,11,16H,7-8,15H2;1H. The number of hydrogen-bond acceptors (Lipinski definition) is 3. The van der Waals surface area contributed by atoms with E-state index in [2.05, 4.69) is 0 Å². The fourth-order valence-corrected chi connectivity index (χ4v) is 1.80. The van der Waals surface area contributed by atoms with E-state index in [0.29, 0.717) is 11.4 Å². The van der Waals surface area contributed by atoms with Gasteiger partial charge in [-0.15, -0.1) is 12.4 Å². The van der Waals surface area contributed by atoms with Gasteiger partial charge in [-0.05, 0) is 24.3 Å².